The highest BCUT2D eigenvalue weighted by Crippen LogP contribution is 2.48. The molecule has 0 saturated carbocycles. The molecule has 1 spiro atoms. The lowest BCUT2D eigenvalue weighted by Gasteiger charge is -2.39. The van der Waals surface area contributed by atoms with Gasteiger partial charge >= 0.3 is 0 Å². The fourth-order valence-corrected chi connectivity index (χ4v) is 5.85. The number of halogens is 2. The summed E-state index contributed by atoms with van der Waals surface area (Å²) in [4.78, 5) is 22.2. The Labute approximate surface area is 217 Å². The number of piperidine rings is 1. The number of pyridine rings is 1. The van der Waals surface area contributed by atoms with Crippen molar-refractivity contribution in [3.63, 3.8) is 0 Å². The molecule has 6 heteroatoms. The van der Waals surface area contributed by atoms with Crippen molar-refractivity contribution >= 4 is 40.9 Å². The van der Waals surface area contributed by atoms with Crippen LogP contribution in [0.3, 0.4) is 0 Å². The molecule has 0 unspecified atom stereocenters. The number of anilines is 1. The lowest BCUT2D eigenvalue weighted by molar-refractivity contribution is 0.0977. The second-order valence-corrected chi connectivity index (χ2v) is 10.5. The Morgan fingerprint density at radius 1 is 1.06 bits per heavy atom. The number of benzene rings is 2. The van der Waals surface area contributed by atoms with Crippen LogP contribution in [0.25, 0.3) is 6.08 Å². The minimum atomic E-state index is -0.0220. The molecule has 1 aromatic heterocycles. The van der Waals surface area contributed by atoms with Gasteiger partial charge in [0, 0.05) is 40.5 Å². The molecular weight excluding hydrogens is 477 g/mol. The number of hydrogen-bond acceptors (Lipinski definition) is 3. The van der Waals surface area contributed by atoms with E-state index in [4.69, 9.17) is 23.2 Å². The molecule has 0 bridgehead atoms. The zero-order valence-corrected chi connectivity index (χ0v) is 21.6. The van der Waals surface area contributed by atoms with E-state index in [2.05, 4.69) is 47.2 Å². The summed E-state index contributed by atoms with van der Waals surface area (Å²) in [6.07, 6.45) is 6.33. The van der Waals surface area contributed by atoms with Crippen molar-refractivity contribution in [1.29, 1.82) is 0 Å². The normalized spacial score (nSPS) is 17.3. The summed E-state index contributed by atoms with van der Waals surface area (Å²) in [6, 6.07) is 17.9. The SMILES string of the molecule is Cc1ccc2c(c1)C1(CCN(C/C=C/c3ccccc3Cl)CC1)CN2C(=O)c1cc(C)nc(Cl)c1. The average Bonchev–Trinajstić information content (AvgIpc) is 3.13. The molecule has 2 aromatic carbocycles. The molecule has 0 aliphatic carbocycles. The van der Waals surface area contributed by atoms with Gasteiger partial charge in [0.1, 0.15) is 5.15 Å². The topological polar surface area (TPSA) is 36.4 Å². The van der Waals surface area contributed by atoms with Gasteiger partial charge in [-0.25, -0.2) is 4.98 Å². The van der Waals surface area contributed by atoms with Crippen molar-refractivity contribution in [2.45, 2.75) is 32.1 Å². The third-order valence-corrected chi connectivity index (χ3v) is 7.81. The number of rotatable bonds is 4. The summed E-state index contributed by atoms with van der Waals surface area (Å²) in [6.45, 7) is 7.55. The number of carbonyl (C=O) groups is 1. The Bertz CT molecular complexity index is 1270. The van der Waals surface area contributed by atoms with Gasteiger partial charge in [0.15, 0.2) is 0 Å². The Balaban J connectivity index is 1.34. The van der Waals surface area contributed by atoms with Crippen LogP contribution >= 0.6 is 23.2 Å². The Morgan fingerprint density at radius 2 is 1.83 bits per heavy atom. The van der Waals surface area contributed by atoms with Crippen LogP contribution in [0.15, 0.2) is 60.7 Å². The van der Waals surface area contributed by atoms with Crippen molar-refractivity contribution in [3.05, 3.63) is 98.8 Å². The van der Waals surface area contributed by atoms with Gasteiger partial charge in [-0.1, -0.05) is 71.2 Å². The quantitative estimate of drug-likeness (QED) is 0.369. The highest BCUT2D eigenvalue weighted by molar-refractivity contribution is 6.32. The molecule has 0 atom stereocenters. The summed E-state index contributed by atoms with van der Waals surface area (Å²) in [5, 5.41) is 1.12. The molecule has 4 nitrogen and oxygen atoms in total. The van der Waals surface area contributed by atoms with Crippen LogP contribution in [0.2, 0.25) is 10.2 Å². The van der Waals surface area contributed by atoms with Gasteiger partial charge in [0.05, 0.1) is 0 Å². The van der Waals surface area contributed by atoms with Crippen molar-refractivity contribution in [1.82, 2.24) is 9.88 Å². The first kappa shape index (κ1) is 24.1. The second-order valence-electron chi connectivity index (χ2n) is 9.74. The third kappa shape index (κ3) is 4.88. The molecule has 2 aliphatic rings. The number of hydrogen-bond donors (Lipinski definition) is 0. The zero-order valence-electron chi connectivity index (χ0n) is 20.1. The Hall–Kier alpha value is -2.66. The first-order valence-corrected chi connectivity index (χ1v) is 12.8. The molecule has 1 saturated heterocycles. The smallest absolute Gasteiger partial charge is 0.258 e. The van der Waals surface area contributed by atoms with Gasteiger partial charge in [0.2, 0.25) is 0 Å². The number of amides is 1. The molecule has 1 fully saturated rings. The number of likely N-dealkylation sites (tertiary alicyclic amines) is 1. The third-order valence-electron chi connectivity index (χ3n) is 7.27. The van der Waals surface area contributed by atoms with Gasteiger partial charge in [0.25, 0.3) is 5.91 Å². The molecule has 180 valence electrons. The molecule has 3 heterocycles. The van der Waals surface area contributed by atoms with Crippen LogP contribution in [0.1, 0.15) is 45.6 Å². The maximum Gasteiger partial charge on any atom is 0.258 e. The molecular formula is C29H29Cl2N3O. The van der Waals surface area contributed by atoms with E-state index in [9.17, 15) is 4.79 Å². The fourth-order valence-electron chi connectivity index (χ4n) is 5.40. The second kappa shape index (κ2) is 9.77. The highest BCUT2D eigenvalue weighted by Gasteiger charge is 2.46. The van der Waals surface area contributed by atoms with Crippen LogP contribution in [0.4, 0.5) is 5.69 Å². The van der Waals surface area contributed by atoms with Crippen LogP contribution in [-0.2, 0) is 5.41 Å². The number of nitrogens with zero attached hydrogens (tertiary/aromatic N) is 3. The Morgan fingerprint density at radius 3 is 2.57 bits per heavy atom. The van der Waals surface area contributed by atoms with E-state index in [1.807, 2.05) is 42.2 Å². The Kier molecular flexibility index (Phi) is 6.71. The maximum absolute atomic E-state index is 13.6. The largest absolute Gasteiger partial charge is 0.307 e. The molecule has 0 N–H and O–H groups in total. The molecule has 2 aliphatic heterocycles. The van der Waals surface area contributed by atoms with Crippen molar-refractivity contribution in [2.24, 2.45) is 0 Å². The number of aromatic nitrogens is 1. The van der Waals surface area contributed by atoms with E-state index in [0.29, 0.717) is 17.3 Å². The number of fused-ring (bicyclic) bond motifs is 2. The summed E-state index contributed by atoms with van der Waals surface area (Å²) in [5.41, 5.74) is 5.91. The van der Waals surface area contributed by atoms with Crippen molar-refractivity contribution in [3.8, 4) is 0 Å². The van der Waals surface area contributed by atoms with E-state index in [-0.39, 0.29) is 11.3 Å². The first-order valence-electron chi connectivity index (χ1n) is 12.1. The summed E-state index contributed by atoms with van der Waals surface area (Å²) in [5.74, 6) is -0.00974. The van der Waals surface area contributed by atoms with Crippen LogP contribution in [0, 0.1) is 13.8 Å². The van der Waals surface area contributed by atoms with E-state index in [1.54, 1.807) is 6.07 Å². The van der Waals surface area contributed by atoms with E-state index < -0.39 is 0 Å². The van der Waals surface area contributed by atoms with Gasteiger partial charge < -0.3 is 4.90 Å². The van der Waals surface area contributed by atoms with Gasteiger partial charge in [-0.2, -0.15) is 0 Å². The van der Waals surface area contributed by atoms with Crippen LogP contribution in [0.5, 0.6) is 0 Å². The molecule has 1 amide bonds. The molecule has 3 aromatic rings. The van der Waals surface area contributed by atoms with Gasteiger partial charge in [-0.3, -0.25) is 9.69 Å². The van der Waals surface area contributed by atoms with Crippen molar-refractivity contribution in [2.75, 3.05) is 31.1 Å². The van der Waals surface area contributed by atoms with Gasteiger partial charge in [-0.05, 0) is 75.2 Å². The summed E-state index contributed by atoms with van der Waals surface area (Å²) < 4.78 is 0. The predicted molar refractivity (Wildman–Crippen MR) is 145 cm³/mol. The average molecular weight is 506 g/mol. The summed E-state index contributed by atoms with van der Waals surface area (Å²) >= 11 is 12.5. The number of carbonyl (C=O) groups excluding carboxylic acids is 1. The van der Waals surface area contributed by atoms with E-state index in [1.165, 1.54) is 11.1 Å². The first-order chi connectivity index (χ1) is 16.8. The van der Waals surface area contributed by atoms with Crippen LogP contribution < -0.4 is 4.90 Å². The molecule has 5 rings (SSSR count). The lowest BCUT2D eigenvalue weighted by atomic mass is 9.74. The standard InChI is InChI=1S/C29H29Cl2N3O/c1-20-9-10-26-24(16-20)29(19-34(26)28(35)23-17-21(2)32-27(31)18-23)11-14-33(15-12-29)13-5-7-22-6-3-4-8-25(22)30/h3-10,16-18H,11-15,19H2,1-2H3/b7-5+. The number of aryl methyl sites for hydroxylation is 2. The predicted octanol–water partition coefficient (Wildman–Crippen LogP) is 6.71. The molecule has 0 radical (unpaired) electrons. The van der Waals surface area contributed by atoms with E-state index in [0.717, 1.165) is 54.4 Å². The minimum Gasteiger partial charge on any atom is -0.307 e. The summed E-state index contributed by atoms with van der Waals surface area (Å²) in [7, 11) is 0. The zero-order chi connectivity index (χ0) is 24.6. The van der Waals surface area contributed by atoms with E-state index >= 15 is 0 Å². The molecule has 35 heavy (non-hydrogen) atoms. The van der Waals surface area contributed by atoms with Crippen LogP contribution in [-0.4, -0.2) is 42.0 Å². The minimum absolute atomic E-state index is 0.00974. The highest BCUT2D eigenvalue weighted by atomic mass is 35.5. The maximum atomic E-state index is 13.6. The monoisotopic (exact) mass is 505 g/mol. The fraction of sp³-hybridized carbons (Fsp3) is 0.310. The lowest BCUT2D eigenvalue weighted by Crippen LogP contribution is -2.46. The van der Waals surface area contributed by atoms with Crippen molar-refractivity contribution < 1.29 is 4.79 Å². The van der Waals surface area contributed by atoms with Gasteiger partial charge in [-0.15, -0.1) is 0 Å².